The molecule has 1 aromatic carbocycles. The van der Waals surface area contributed by atoms with E-state index in [-0.39, 0.29) is 0 Å². The fourth-order valence-corrected chi connectivity index (χ4v) is 2.69. The van der Waals surface area contributed by atoms with Gasteiger partial charge in [-0.2, -0.15) is 0 Å². The van der Waals surface area contributed by atoms with E-state index in [4.69, 9.17) is 5.84 Å². The first-order valence-corrected chi connectivity index (χ1v) is 7.70. The number of benzene rings is 1. The Morgan fingerprint density at radius 2 is 1.90 bits per heavy atom. The summed E-state index contributed by atoms with van der Waals surface area (Å²) in [6.45, 7) is 0.800. The van der Waals surface area contributed by atoms with E-state index in [1.807, 2.05) is 6.07 Å². The molecule has 0 bridgehead atoms. The van der Waals surface area contributed by atoms with Crippen LogP contribution in [-0.2, 0) is 6.42 Å². The Labute approximate surface area is 121 Å². The van der Waals surface area contributed by atoms with E-state index in [0.717, 1.165) is 25.3 Å². The van der Waals surface area contributed by atoms with Gasteiger partial charge in [0.25, 0.3) is 0 Å². The Morgan fingerprint density at radius 1 is 1.15 bits per heavy atom. The maximum Gasteiger partial charge on any atom is 0.205 e. The summed E-state index contributed by atoms with van der Waals surface area (Å²) in [6, 6.07) is 11.1. The molecule has 110 valence electrons. The molecule has 1 aromatic rings. The molecule has 0 aliphatic heterocycles. The van der Waals surface area contributed by atoms with Gasteiger partial charge in [0.15, 0.2) is 0 Å². The summed E-state index contributed by atoms with van der Waals surface area (Å²) in [7, 11) is 0. The molecule has 0 amide bonds. The van der Waals surface area contributed by atoms with Crippen molar-refractivity contribution >= 4 is 5.96 Å². The van der Waals surface area contributed by atoms with Crippen LogP contribution >= 0.6 is 0 Å². The van der Waals surface area contributed by atoms with Crippen LogP contribution in [0.15, 0.2) is 35.3 Å². The smallest absolute Gasteiger partial charge is 0.205 e. The van der Waals surface area contributed by atoms with Crippen molar-refractivity contribution < 1.29 is 0 Å². The van der Waals surface area contributed by atoms with Crippen LogP contribution in [0.4, 0.5) is 0 Å². The minimum Gasteiger partial charge on any atom is -0.353 e. The molecule has 2 rings (SSSR count). The van der Waals surface area contributed by atoms with E-state index in [0.29, 0.717) is 6.04 Å². The SMILES string of the molecule is NNC(=NCCCc1ccccc1)NC1CCCCC1. The summed E-state index contributed by atoms with van der Waals surface area (Å²) in [6.07, 6.45) is 8.54. The van der Waals surface area contributed by atoms with Gasteiger partial charge in [-0.25, -0.2) is 5.84 Å². The van der Waals surface area contributed by atoms with E-state index in [9.17, 15) is 0 Å². The van der Waals surface area contributed by atoms with Gasteiger partial charge in [0, 0.05) is 12.6 Å². The zero-order valence-electron chi connectivity index (χ0n) is 12.1. The minimum atomic E-state index is 0.535. The predicted molar refractivity (Wildman–Crippen MR) is 84.4 cm³/mol. The summed E-state index contributed by atoms with van der Waals surface area (Å²) in [5.74, 6) is 6.28. The van der Waals surface area contributed by atoms with Crippen LogP contribution < -0.4 is 16.6 Å². The lowest BCUT2D eigenvalue weighted by Gasteiger charge is -2.24. The lowest BCUT2D eigenvalue weighted by atomic mass is 9.96. The van der Waals surface area contributed by atoms with Crippen molar-refractivity contribution in [1.82, 2.24) is 10.7 Å². The Hall–Kier alpha value is -1.55. The van der Waals surface area contributed by atoms with Gasteiger partial charge in [0.05, 0.1) is 0 Å². The number of nitrogens with two attached hydrogens (primary N) is 1. The second-order valence-electron chi connectivity index (χ2n) is 5.44. The van der Waals surface area contributed by atoms with Crippen molar-refractivity contribution in [2.45, 2.75) is 51.0 Å². The number of rotatable bonds is 5. The number of nitrogens with zero attached hydrogens (tertiary/aromatic N) is 1. The van der Waals surface area contributed by atoms with Gasteiger partial charge in [-0.15, -0.1) is 0 Å². The Bertz CT molecular complexity index is 396. The molecule has 0 atom stereocenters. The first kappa shape index (κ1) is 14.9. The molecule has 4 N–H and O–H groups in total. The van der Waals surface area contributed by atoms with Gasteiger partial charge in [0.1, 0.15) is 0 Å². The molecular formula is C16H26N4. The van der Waals surface area contributed by atoms with Gasteiger partial charge in [-0.05, 0) is 31.2 Å². The van der Waals surface area contributed by atoms with E-state index < -0.39 is 0 Å². The van der Waals surface area contributed by atoms with Gasteiger partial charge >= 0.3 is 0 Å². The Morgan fingerprint density at radius 3 is 2.60 bits per heavy atom. The fraction of sp³-hybridized carbons (Fsp3) is 0.562. The molecular weight excluding hydrogens is 248 g/mol. The number of nitrogens with one attached hydrogen (secondary N) is 2. The molecule has 4 nitrogen and oxygen atoms in total. The second-order valence-corrected chi connectivity index (χ2v) is 5.44. The van der Waals surface area contributed by atoms with Crippen molar-refractivity contribution in [2.75, 3.05) is 6.54 Å². The summed E-state index contributed by atoms with van der Waals surface area (Å²) in [5.41, 5.74) is 4.05. The highest BCUT2D eigenvalue weighted by molar-refractivity contribution is 5.79. The standard InChI is InChI=1S/C16H26N4/c17-20-16(19-15-11-5-2-6-12-15)18-13-7-10-14-8-3-1-4-9-14/h1,3-4,8-9,15H,2,5-7,10-13,17H2,(H2,18,19,20). The second kappa shape index (κ2) is 8.59. The molecule has 0 heterocycles. The minimum absolute atomic E-state index is 0.535. The van der Waals surface area contributed by atoms with Gasteiger partial charge in [-0.3, -0.25) is 10.4 Å². The van der Waals surface area contributed by atoms with Crippen molar-refractivity contribution in [1.29, 1.82) is 0 Å². The van der Waals surface area contributed by atoms with Crippen LogP contribution in [0.1, 0.15) is 44.1 Å². The van der Waals surface area contributed by atoms with Crippen LogP contribution in [0.5, 0.6) is 0 Å². The molecule has 1 fully saturated rings. The van der Waals surface area contributed by atoms with Crippen LogP contribution in [0.3, 0.4) is 0 Å². The lowest BCUT2D eigenvalue weighted by molar-refractivity contribution is 0.410. The van der Waals surface area contributed by atoms with E-state index in [1.54, 1.807) is 0 Å². The monoisotopic (exact) mass is 274 g/mol. The lowest BCUT2D eigenvalue weighted by Crippen LogP contribution is -2.47. The summed E-state index contributed by atoms with van der Waals surface area (Å²) < 4.78 is 0. The van der Waals surface area contributed by atoms with E-state index in [1.165, 1.54) is 37.7 Å². The molecule has 0 aromatic heterocycles. The van der Waals surface area contributed by atoms with E-state index in [2.05, 4.69) is 40.0 Å². The Kier molecular flexibility index (Phi) is 6.38. The van der Waals surface area contributed by atoms with Gasteiger partial charge in [0.2, 0.25) is 5.96 Å². The zero-order valence-corrected chi connectivity index (χ0v) is 12.1. The highest BCUT2D eigenvalue weighted by Crippen LogP contribution is 2.17. The molecule has 20 heavy (non-hydrogen) atoms. The molecule has 4 heteroatoms. The summed E-state index contributed by atoms with van der Waals surface area (Å²) in [4.78, 5) is 4.52. The average Bonchev–Trinajstić information content (AvgIpc) is 2.52. The van der Waals surface area contributed by atoms with E-state index >= 15 is 0 Å². The number of hydrogen-bond acceptors (Lipinski definition) is 2. The van der Waals surface area contributed by atoms with Crippen LogP contribution in [0.25, 0.3) is 0 Å². The maximum atomic E-state index is 5.54. The molecule has 1 aliphatic rings. The van der Waals surface area contributed by atoms with Crippen molar-refractivity contribution in [3.8, 4) is 0 Å². The highest BCUT2D eigenvalue weighted by Gasteiger charge is 2.13. The zero-order chi connectivity index (χ0) is 14.0. The van der Waals surface area contributed by atoms with Crippen LogP contribution in [0, 0.1) is 0 Å². The largest absolute Gasteiger partial charge is 0.353 e. The maximum absolute atomic E-state index is 5.54. The first-order valence-electron chi connectivity index (χ1n) is 7.70. The third-order valence-corrected chi connectivity index (χ3v) is 3.82. The Balaban J connectivity index is 1.70. The van der Waals surface area contributed by atoms with Crippen LogP contribution in [-0.4, -0.2) is 18.5 Å². The third-order valence-electron chi connectivity index (χ3n) is 3.82. The number of hydrogen-bond donors (Lipinski definition) is 3. The predicted octanol–water partition coefficient (Wildman–Crippen LogP) is 2.36. The summed E-state index contributed by atoms with van der Waals surface area (Å²) >= 11 is 0. The van der Waals surface area contributed by atoms with Crippen molar-refractivity contribution in [2.24, 2.45) is 10.8 Å². The van der Waals surface area contributed by atoms with Crippen molar-refractivity contribution in [3.05, 3.63) is 35.9 Å². The van der Waals surface area contributed by atoms with Crippen molar-refractivity contribution in [3.63, 3.8) is 0 Å². The topological polar surface area (TPSA) is 62.4 Å². The van der Waals surface area contributed by atoms with Gasteiger partial charge < -0.3 is 5.32 Å². The first-order chi connectivity index (χ1) is 9.88. The number of hydrazine groups is 1. The number of guanidine groups is 1. The normalized spacial score (nSPS) is 16.9. The molecule has 1 aliphatic carbocycles. The number of aliphatic imine (C=N–C) groups is 1. The summed E-state index contributed by atoms with van der Waals surface area (Å²) in [5, 5.41) is 3.42. The molecule has 0 unspecified atom stereocenters. The van der Waals surface area contributed by atoms with Crippen LogP contribution in [0.2, 0.25) is 0 Å². The fourth-order valence-electron chi connectivity index (χ4n) is 2.69. The molecule has 0 radical (unpaired) electrons. The molecule has 0 spiro atoms. The number of aryl methyl sites for hydroxylation is 1. The average molecular weight is 274 g/mol. The molecule has 0 saturated heterocycles. The quantitative estimate of drug-likeness (QED) is 0.254. The highest BCUT2D eigenvalue weighted by atomic mass is 15.3. The molecule has 1 saturated carbocycles. The third kappa shape index (κ3) is 5.21. The van der Waals surface area contributed by atoms with Gasteiger partial charge in [-0.1, -0.05) is 49.6 Å².